The van der Waals surface area contributed by atoms with Gasteiger partial charge in [-0.15, -0.1) is 0 Å². The Morgan fingerprint density at radius 3 is 2.21 bits per heavy atom. The van der Waals surface area contributed by atoms with Crippen molar-refractivity contribution >= 4 is 27.5 Å². The maximum atomic E-state index is 13.1. The van der Waals surface area contributed by atoms with Crippen molar-refractivity contribution in [1.82, 2.24) is 15.2 Å². The van der Waals surface area contributed by atoms with Crippen LogP contribution >= 0.6 is 0 Å². The van der Waals surface area contributed by atoms with E-state index >= 15 is 0 Å². The standard InChI is InChI=1S/C22H27FN4O5S/c1-3-27(4-2)33(30,31)18-9-10-20(26-11-13-32-14-12-26)19(15-18)22(29)25-24-21(28)16-5-7-17(23)8-6-16/h5-10,15H,3-4,11-14H2,1-2H3,(H,24,28)(H,25,29). The molecule has 33 heavy (non-hydrogen) atoms. The summed E-state index contributed by atoms with van der Waals surface area (Å²) in [5.74, 6) is -1.80. The van der Waals surface area contributed by atoms with Gasteiger partial charge >= 0.3 is 0 Å². The van der Waals surface area contributed by atoms with Gasteiger partial charge in [0, 0.05) is 37.4 Å². The number of nitrogens with zero attached hydrogens (tertiary/aromatic N) is 2. The number of benzene rings is 2. The second kappa shape index (κ2) is 10.7. The summed E-state index contributed by atoms with van der Waals surface area (Å²) in [6, 6.07) is 9.23. The molecule has 1 saturated heterocycles. The monoisotopic (exact) mass is 478 g/mol. The number of hydrogen-bond acceptors (Lipinski definition) is 6. The van der Waals surface area contributed by atoms with Crippen LogP contribution in [0.5, 0.6) is 0 Å². The zero-order valence-corrected chi connectivity index (χ0v) is 19.3. The first-order chi connectivity index (χ1) is 15.8. The number of hydrogen-bond donors (Lipinski definition) is 2. The van der Waals surface area contributed by atoms with E-state index in [1.165, 1.54) is 28.6 Å². The highest BCUT2D eigenvalue weighted by molar-refractivity contribution is 7.89. The topological polar surface area (TPSA) is 108 Å². The highest BCUT2D eigenvalue weighted by atomic mass is 32.2. The molecule has 1 heterocycles. The normalized spacial score (nSPS) is 14.2. The van der Waals surface area contributed by atoms with Gasteiger partial charge in [0.2, 0.25) is 10.0 Å². The zero-order chi connectivity index (χ0) is 24.0. The summed E-state index contributed by atoms with van der Waals surface area (Å²) >= 11 is 0. The van der Waals surface area contributed by atoms with Crippen LogP contribution in [-0.2, 0) is 14.8 Å². The Morgan fingerprint density at radius 1 is 1.00 bits per heavy atom. The number of ether oxygens (including phenoxy) is 1. The summed E-state index contributed by atoms with van der Waals surface area (Å²) < 4.78 is 45.7. The Balaban J connectivity index is 1.89. The third-order valence-electron chi connectivity index (χ3n) is 5.30. The van der Waals surface area contributed by atoms with Crippen LogP contribution in [0.1, 0.15) is 34.6 Å². The maximum absolute atomic E-state index is 13.1. The minimum absolute atomic E-state index is 0.0155. The van der Waals surface area contributed by atoms with E-state index in [9.17, 15) is 22.4 Å². The number of nitrogens with one attached hydrogen (secondary N) is 2. The van der Waals surface area contributed by atoms with Crippen LogP contribution in [0.4, 0.5) is 10.1 Å². The van der Waals surface area contributed by atoms with Crippen molar-refractivity contribution in [2.75, 3.05) is 44.3 Å². The molecule has 2 N–H and O–H groups in total. The Kier molecular flexibility index (Phi) is 8.01. The molecule has 1 aliphatic heterocycles. The Morgan fingerprint density at radius 2 is 1.61 bits per heavy atom. The number of carbonyl (C=O) groups excluding carboxylic acids is 2. The van der Waals surface area contributed by atoms with Gasteiger partial charge in [-0.3, -0.25) is 20.4 Å². The maximum Gasteiger partial charge on any atom is 0.271 e. The second-order valence-electron chi connectivity index (χ2n) is 7.28. The summed E-state index contributed by atoms with van der Waals surface area (Å²) in [5.41, 5.74) is 5.40. The molecule has 0 aliphatic carbocycles. The van der Waals surface area contributed by atoms with Gasteiger partial charge in [-0.1, -0.05) is 13.8 Å². The van der Waals surface area contributed by atoms with Crippen molar-refractivity contribution in [3.8, 4) is 0 Å². The van der Waals surface area contributed by atoms with Gasteiger partial charge in [0.05, 0.1) is 23.7 Å². The minimum atomic E-state index is -3.80. The number of halogens is 1. The lowest BCUT2D eigenvalue weighted by molar-refractivity contribution is 0.0846. The molecule has 2 aromatic carbocycles. The molecule has 11 heteroatoms. The van der Waals surface area contributed by atoms with E-state index in [2.05, 4.69) is 10.9 Å². The fraction of sp³-hybridized carbons (Fsp3) is 0.364. The zero-order valence-electron chi connectivity index (χ0n) is 18.5. The lowest BCUT2D eigenvalue weighted by Gasteiger charge is -2.30. The molecule has 178 valence electrons. The summed E-state index contributed by atoms with van der Waals surface area (Å²) in [6.45, 7) is 6.07. The van der Waals surface area contributed by atoms with Crippen LogP contribution in [-0.4, -0.2) is 63.9 Å². The average molecular weight is 479 g/mol. The van der Waals surface area contributed by atoms with Crippen LogP contribution in [0.2, 0.25) is 0 Å². The third kappa shape index (κ3) is 5.67. The van der Waals surface area contributed by atoms with E-state index in [1.807, 2.05) is 4.90 Å². The molecule has 0 spiro atoms. The smallest absolute Gasteiger partial charge is 0.271 e. The van der Waals surface area contributed by atoms with Crippen molar-refractivity contribution in [2.24, 2.45) is 0 Å². The number of hydrazine groups is 1. The van der Waals surface area contributed by atoms with Crippen LogP contribution in [0.25, 0.3) is 0 Å². The van der Waals surface area contributed by atoms with Gasteiger partial charge in [-0.2, -0.15) is 4.31 Å². The molecule has 1 aliphatic rings. The molecule has 0 radical (unpaired) electrons. The van der Waals surface area contributed by atoms with Gasteiger partial charge in [-0.05, 0) is 42.5 Å². The molecule has 1 fully saturated rings. The van der Waals surface area contributed by atoms with Crippen LogP contribution in [0.3, 0.4) is 0 Å². The van der Waals surface area contributed by atoms with E-state index < -0.39 is 27.7 Å². The number of sulfonamides is 1. The lowest BCUT2D eigenvalue weighted by atomic mass is 10.1. The van der Waals surface area contributed by atoms with Crippen molar-refractivity contribution in [2.45, 2.75) is 18.7 Å². The Bertz CT molecular complexity index is 1100. The first kappa shape index (κ1) is 24.6. The third-order valence-corrected chi connectivity index (χ3v) is 7.35. The summed E-state index contributed by atoms with van der Waals surface area (Å²) in [6.07, 6.45) is 0. The van der Waals surface area contributed by atoms with Crippen molar-refractivity contribution in [3.63, 3.8) is 0 Å². The molecule has 3 rings (SSSR count). The number of carbonyl (C=O) groups is 2. The van der Waals surface area contributed by atoms with Gasteiger partial charge < -0.3 is 9.64 Å². The van der Waals surface area contributed by atoms with Gasteiger partial charge in [0.15, 0.2) is 0 Å². The molecular formula is C22H27FN4O5S. The molecular weight excluding hydrogens is 451 g/mol. The van der Waals surface area contributed by atoms with Crippen LogP contribution < -0.4 is 15.8 Å². The molecule has 0 unspecified atom stereocenters. The molecule has 2 amide bonds. The highest BCUT2D eigenvalue weighted by Crippen LogP contribution is 2.26. The van der Waals surface area contributed by atoms with E-state index in [1.54, 1.807) is 19.9 Å². The average Bonchev–Trinajstić information content (AvgIpc) is 2.83. The fourth-order valence-electron chi connectivity index (χ4n) is 3.50. The summed E-state index contributed by atoms with van der Waals surface area (Å²) in [5, 5.41) is 0. The van der Waals surface area contributed by atoms with Crippen molar-refractivity contribution < 1.29 is 27.1 Å². The molecule has 0 saturated carbocycles. The van der Waals surface area contributed by atoms with Crippen LogP contribution in [0.15, 0.2) is 47.4 Å². The Hall–Kier alpha value is -3.02. The quantitative estimate of drug-likeness (QED) is 0.588. The number of rotatable bonds is 7. The number of anilines is 1. The van der Waals surface area contributed by atoms with E-state index in [0.29, 0.717) is 45.1 Å². The van der Waals surface area contributed by atoms with Crippen molar-refractivity contribution in [1.29, 1.82) is 0 Å². The lowest BCUT2D eigenvalue weighted by Crippen LogP contribution is -2.43. The highest BCUT2D eigenvalue weighted by Gasteiger charge is 2.26. The predicted molar refractivity (Wildman–Crippen MR) is 121 cm³/mol. The SMILES string of the molecule is CCN(CC)S(=O)(=O)c1ccc(N2CCOCC2)c(C(=O)NNC(=O)c2ccc(F)cc2)c1. The predicted octanol–water partition coefficient (Wildman–Crippen LogP) is 1.77. The van der Waals surface area contributed by atoms with Gasteiger partial charge in [0.25, 0.3) is 11.8 Å². The minimum Gasteiger partial charge on any atom is -0.378 e. The van der Waals surface area contributed by atoms with Crippen molar-refractivity contribution in [3.05, 3.63) is 59.4 Å². The van der Waals surface area contributed by atoms with Crippen LogP contribution in [0, 0.1) is 5.82 Å². The molecule has 0 atom stereocenters. The van der Waals surface area contributed by atoms with E-state index in [0.717, 1.165) is 12.1 Å². The Labute approximate surface area is 192 Å². The summed E-state index contributed by atoms with van der Waals surface area (Å²) in [7, 11) is -3.80. The second-order valence-corrected chi connectivity index (χ2v) is 9.22. The molecule has 9 nitrogen and oxygen atoms in total. The molecule has 2 aromatic rings. The number of morpholine rings is 1. The summed E-state index contributed by atoms with van der Waals surface area (Å²) in [4.78, 5) is 27.2. The number of amides is 2. The van der Waals surface area contributed by atoms with Gasteiger partial charge in [0.1, 0.15) is 5.82 Å². The first-order valence-electron chi connectivity index (χ1n) is 10.6. The van der Waals surface area contributed by atoms with Gasteiger partial charge in [-0.25, -0.2) is 12.8 Å². The van der Waals surface area contributed by atoms with E-state index in [4.69, 9.17) is 4.74 Å². The first-order valence-corrected chi connectivity index (χ1v) is 12.0. The largest absolute Gasteiger partial charge is 0.378 e. The van der Waals surface area contributed by atoms with E-state index in [-0.39, 0.29) is 16.0 Å². The molecule has 0 aromatic heterocycles. The fourth-order valence-corrected chi connectivity index (χ4v) is 4.99. The molecule has 0 bridgehead atoms.